The van der Waals surface area contributed by atoms with Gasteiger partial charge in [-0.05, 0) is 29.1 Å². The number of hydrogen-bond acceptors (Lipinski definition) is 6. The summed E-state index contributed by atoms with van der Waals surface area (Å²) in [6.45, 7) is 2.16. The molecule has 140 valence electrons. The number of aromatic amines is 1. The number of H-pyrrole nitrogens is 1. The summed E-state index contributed by atoms with van der Waals surface area (Å²) in [6.07, 6.45) is 0.763. The Bertz CT molecular complexity index is 976. The molecule has 1 aromatic carbocycles. The second-order valence-electron chi connectivity index (χ2n) is 6.50. The zero-order chi connectivity index (χ0) is 18.8. The molecule has 0 unspecified atom stereocenters. The molecule has 6 nitrogen and oxygen atoms in total. The largest absolute Gasteiger partial charge is 0.497 e. The van der Waals surface area contributed by atoms with E-state index in [2.05, 4.69) is 9.88 Å². The van der Waals surface area contributed by atoms with Gasteiger partial charge >= 0.3 is 0 Å². The van der Waals surface area contributed by atoms with Crippen LogP contribution in [0.4, 0.5) is 0 Å². The highest BCUT2D eigenvalue weighted by atomic mass is 32.1. The molecule has 0 saturated carbocycles. The molecule has 7 heteroatoms. The lowest BCUT2D eigenvalue weighted by molar-refractivity contribution is 0.241. The maximum absolute atomic E-state index is 12.6. The van der Waals surface area contributed by atoms with Gasteiger partial charge in [0.1, 0.15) is 11.5 Å². The monoisotopic (exact) mass is 383 g/mol. The fraction of sp³-hybridized carbons (Fsp3) is 0.300. The summed E-state index contributed by atoms with van der Waals surface area (Å²) in [4.78, 5) is 23.5. The molecular weight excluding hydrogens is 362 g/mol. The summed E-state index contributed by atoms with van der Waals surface area (Å²) in [7, 11) is 3.29. The van der Waals surface area contributed by atoms with Gasteiger partial charge in [0.05, 0.1) is 30.4 Å². The average molecular weight is 383 g/mol. The lowest BCUT2D eigenvalue weighted by atomic mass is 10.1. The second-order valence-corrected chi connectivity index (χ2v) is 7.45. The van der Waals surface area contributed by atoms with Crippen LogP contribution in [0.1, 0.15) is 16.8 Å². The van der Waals surface area contributed by atoms with Crippen LogP contribution in [-0.2, 0) is 19.5 Å². The van der Waals surface area contributed by atoms with Crippen LogP contribution in [0.15, 0.2) is 40.5 Å². The second kappa shape index (κ2) is 7.54. The Morgan fingerprint density at radius 2 is 2.00 bits per heavy atom. The van der Waals surface area contributed by atoms with Crippen molar-refractivity contribution < 1.29 is 9.47 Å². The Balaban J connectivity index is 1.56. The minimum Gasteiger partial charge on any atom is -0.497 e. The molecule has 27 heavy (non-hydrogen) atoms. The highest BCUT2D eigenvalue weighted by molar-refractivity contribution is 7.13. The Morgan fingerprint density at radius 3 is 2.67 bits per heavy atom. The van der Waals surface area contributed by atoms with Gasteiger partial charge in [-0.25, -0.2) is 4.98 Å². The molecule has 1 aliphatic heterocycles. The lowest BCUT2D eigenvalue weighted by Gasteiger charge is -2.28. The molecule has 0 atom stereocenters. The number of methoxy groups -OCH3 is 2. The van der Waals surface area contributed by atoms with E-state index < -0.39 is 0 Å². The molecule has 2 aromatic heterocycles. The molecule has 0 aliphatic carbocycles. The third-order valence-electron chi connectivity index (χ3n) is 4.72. The summed E-state index contributed by atoms with van der Waals surface area (Å²) in [5.41, 5.74) is 2.71. The van der Waals surface area contributed by atoms with Crippen molar-refractivity contribution in [3.8, 4) is 22.2 Å². The Morgan fingerprint density at radius 1 is 1.22 bits per heavy atom. The van der Waals surface area contributed by atoms with E-state index >= 15 is 0 Å². The van der Waals surface area contributed by atoms with Crippen LogP contribution in [0.25, 0.3) is 10.7 Å². The molecule has 0 spiro atoms. The van der Waals surface area contributed by atoms with Crippen LogP contribution in [0, 0.1) is 0 Å². The fourth-order valence-corrected chi connectivity index (χ4v) is 4.03. The molecular formula is C20H21N3O3S. The predicted octanol–water partition coefficient (Wildman–Crippen LogP) is 3.07. The number of nitrogens with zero attached hydrogens (tertiary/aromatic N) is 2. The minimum absolute atomic E-state index is 0.0451. The summed E-state index contributed by atoms with van der Waals surface area (Å²) >= 11 is 1.58. The molecule has 0 saturated heterocycles. The molecule has 0 fully saturated rings. The first-order valence-corrected chi connectivity index (χ1v) is 9.64. The van der Waals surface area contributed by atoms with Crippen LogP contribution < -0.4 is 15.0 Å². The molecule has 4 rings (SSSR count). The van der Waals surface area contributed by atoms with E-state index in [1.54, 1.807) is 25.6 Å². The normalized spacial score (nSPS) is 14.0. The number of aromatic nitrogens is 2. The number of hydrogen-bond donors (Lipinski definition) is 1. The van der Waals surface area contributed by atoms with Gasteiger partial charge < -0.3 is 14.5 Å². The zero-order valence-electron chi connectivity index (χ0n) is 15.3. The van der Waals surface area contributed by atoms with Crippen LogP contribution in [0.5, 0.6) is 11.5 Å². The van der Waals surface area contributed by atoms with E-state index in [9.17, 15) is 4.79 Å². The third kappa shape index (κ3) is 3.74. The molecule has 1 aliphatic rings. The topological polar surface area (TPSA) is 67.5 Å². The average Bonchev–Trinajstić information content (AvgIpc) is 3.23. The van der Waals surface area contributed by atoms with Crippen molar-refractivity contribution in [3.05, 3.63) is 62.9 Å². The van der Waals surface area contributed by atoms with Crippen molar-refractivity contribution in [1.29, 1.82) is 0 Å². The van der Waals surface area contributed by atoms with Crippen molar-refractivity contribution in [1.82, 2.24) is 14.9 Å². The first-order chi connectivity index (χ1) is 13.2. The maximum Gasteiger partial charge on any atom is 0.255 e. The molecule has 3 heterocycles. The molecule has 0 amide bonds. The predicted molar refractivity (Wildman–Crippen MR) is 106 cm³/mol. The van der Waals surface area contributed by atoms with Crippen molar-refractivity contribution in [3.63, 3.8) is 0 Å². The SMILES string of the molecule is COc1cc(CN2CCc3nc(-c4cccs4)[nH]c(=O)c3C2)cc(OC)c1. The van der Waals surface area contributed by atoms with E-state index in [1.807, 2.05) is 35.7 Å². The quantitative estimate of drug-likeness (QED) is 0.733. The van der Waals surface area contributed by atoms with Gasteiger partial charge in [-0.3, -0.25) is 9.69 Å². The van der Waals surface area contributed by atoms with Gasteiger partial charge in [0.15, 0.2) is 5.82 Å². The first kappa shape index (κ1) is 17.8. The van der Waals surface area contributed by atoms with Crippen LogP contribution >= 0.6 is 11.3 Å². The summed E-state index contributed by atoms with van der Waals surface area (Å²) in [5.74, 6) is 2.20. The Labute approximate surface area is 161 Å². The number of benzene rings is 1. The standard InChI is InChI=1S/C20H21N3O3S/c1-25-14-8-13(9-15(10-14)26-2)11-23-6-5-17-16(12-23)20(24)22-19(21-17)18-4-3-7-27-18/h3-4,7-10H,5-6,11-12H2,1-2H3,(H,21,22,24). The van der Waals surface area contributed by atoms with Gasteiger partial charge in [-0.2, -0.15) is 0 Å². The molecule has 0 radical (unpaired) electrons. The summed E-state index contributed by atoms with van der Waals surface area (Å²) in [6, 6.07) is 9.79. The maximum atomic E-state index is 12.6. The van der Waals surface area contributed by atoms with Crippen molar-refractivity contribution >= 4 is 11.3 Å². The minimum atomic E-state index is -0.0451. The summed E-state index contributed by atoms with van der Waals surface area (Å²) < 4.78 is 10.7. The van der Waals surface area contributed by atoms with E-state index in [0.29, 0.717) is 12.4 Å². The fourth-order valence-electron chi connectivity index (χ4n) is 3.36. The Hall–Kier alpha value is -2.64. The number of ether oxygens (including phenoxy) is 2. The van der Waals surface area contributed by atoms with Gasteiger partial charge in [-0.1, -0.05) is 6.07 Å². The Kier molecular flexibility index (Phi) is 4.96. The van der Waals surface area contributed by atoms with Gasteiger partial charge in [0.2, 0.25) is 0 Å². The highest BCUT2D eigenvalue weighted by Crippen LogP contribution is 2.26. The smallest absolute Gasteiger partial charge is 0.255 e. The van der Waals surface area contributed by atoms with Crippen LogP contribution in [-0.4, -0.2) is 35.6 Å². The molecule has 1 N–H and O–H groups in total. The van der Waals surface area contributed by atoms with Gasteiger partial charge in [0.25, 0.3) is 5.56 Å². The third-order valence-corrected chi connectivity index (χ3v) is 5.60. The van der Waals surface area contributed by atoms with E-state index in [1.165, 1.54) is 0 Å². The van der Waals surface area contributed by atoms with Crippen molar-refractivity contribution in [2.24, 2.45) is 0 Å². The number of nitrogens with one attached hydrogen (secondary N) is 1. The number of thiophene rings is 1. The number of fused-ring (bicyclic) bond motifs is 1. The van der Waals surface area contributed by atoms with Crippen molar-refractivity contribution in [2.75, 3.05) is 20.8 Å². The van der Waals surface area contributed by atoms with Gasteiger partial charge in [-0.15, -0.1) is 11.3 Å². The lowest BCUT2D eigenvalue weighted by Crippen LogP contribution is -2.35. The molecule has 0 bridgehead atoms. The van der Waals surface area contributed by atoms with Gasteiger partial charge in [0, 0.05) is 32.1 Å². The molecule has 3 aromatic rings. The van der Waals surface area contributed by atoms with E-state index in [0.717, 1.165) is 52.7 Å². The zero-order valence-corrected chi connectivity index (χ0v) is 16.1. The van der Waals surface area contributed by atoms with E-state index in [-0.39, 0.29) is 5.56 Å². The van der Waals surface area contributed by atoms with Crippen LogP contribution in [0.2, 0.25) is 0 Å². The first-order valence-electron chi connectivity index (χ1n) is 8.76. The van der Waals surface area contributed by atoms with E-state index in [4.69, 9.17) is 14.5 Å². The van der Waals surface area contributed by atoms with Crippen LogP contribution in [0.3, 0.4) is 0 Å². The summed E-state index contributed by atoms with van der Waals surface area (Å²) in [5, 5.41) is 1.99. The number of rotatable bonds is 5. The van der Waals surface area contributed by atoms with Crippen molar-refractivity contribution in [2.45, 2.75) is 19.5 Å². The highest BCUT2D eigenvalue weighted by Gasteiger charge is 2.22.